The highest BCUT2D eigenvalue weighted by Crippen LogP contribution is 2.37. The highest BCUT2D eigenvalue weighted by Gasteiger charge is 2.12. The van der Waals surface area contributed by atoms with E-state index in [9.17, 15) is 4.79 Å². The van der Waals surface area contributed by atoms with E-state index in [0.29, 0.717) is 5.75 Å². The zero-order chi connectivity index (χ0) is 21.9. The van der Waals surface area contributed by atoms with Gasteiger partial charge in [-0.1, -0.05) is 78.9 Å². The highest BCUT2D eigenvalue weighted by atomic mass is 32.2. The molecule has 0 amide bonds. The van der Waals surface area contributed by atoms with Crippen LogP contribution < -0.4 is 0 Å². The Labute approximate surface area is 190 Å². The summed E-state index contributed by atoms with van der Waals surface area (Å²) in [6.07, 6.45) is 0.206. The largest absolute Gasteiger partial charge is 0.481 e. The van der Waals surface area contributed by atoms with E-state index < -0.39 is 5.97 Å². The van der Waals surface area contributed by atoms with Crippen LogP contribution in [0.4, 0.5) is 0 Å². The molecule has 0 aliphatic carbocycles. The molecule has 4 aromatic carbocycles. The number of carboxylic acid groups (broad SMARTS) is 1. The van der Waals surface area contributed by atoms with Gasteiger partial charge >= 0.3 is 5.97 Å². The standard InChI is InChI=1S/C28H22O3S/c29-27(30)16-17-32-18-19-8-10-20(11-9-19)21-12-14-22(15-13-21)23-5-3-7-26-28(23)24-4-1-2-6-25(24)31-26/h1-15H,16-18H2,(H,29,30). The van der Waals surface area contributed by atoms with Crippen molar-refractivity contribution in [1.82, 2.24) is 0 Å². The van der Waals surface area contributed by atoms with Gasteiger partial charge in [0.2, 0.25) is 0 Å². The van der Waals surface area contributed by atoms with Crippen LogP contribution in [-0.4, -0.2) is 16.8 Å². The summed E-state index contributed by atoms with van der Waals surface area (Å²) in [7, 11) is 0. The van der Waals surface area contributed by atoms with Crippen LogP contribution in [0.5, 0.6) is 0 Å². The third-order valence-electron chi connectivity index (χ3n) is 5.61. The maximum absolute atomic E-state index is 10.6. The molecule has 1 heterocycles. The van der Waals surface area contributed by atoms with Crippen molar-refractivity contribution < 1.29 is 14.3 Å². The number of aliphatic carboxylic acids is 1. The van der Waals surface area contributed by atoms with Crippen LogP contribution in [0.2, 0.25) is 0 Å². The highest BCUT2D eigenvalue weighted by molar-refractivity contribution is 7.98. The molecule has 0 unspecified atom stereocenters. The topological polar surface area (TPSA) is 50.4 Å². The molecule has 0 spiro atoms. The Morgan fingerprint density at radius 1 is 0.750 bits per heavy atom. The molecule has 158 valence electrons. The normalized spacial score (nSPS) is 11.2. The molecule has 32 heavy (non-hydrogen) atoms. The lowest BCUT2D eigenvalue weighted by Crippen LogP contribution is -1.96. The Hall–Kier alpha value is -3.50. The van der Waals surface area contributed by atoms with E-state index in [1.165, 1.54) is 22.3 Å². The number of benzene rings is 4. The van der Waals surface area contributed by atoms with Gasteiger partial charge in [0.05, 0.1) is 6.42 Å². The molecule has 0 aliphatic heterocycles. The van der Waals surface area contributed by atoms with Crippen LogP contribution >= 0.6 is 11.8 Å². The van der Waals surface area contributed by atoms with E-state index in [2.05, 4.69) is 60.7 Å². The van der Waals surface area contributed by atoms with Gasteiger partial charge in [0.1, 0.15) is 11.2 Å². The van der Waals surface area contributed by atoms with E-state index in [0.717, 1.165) is 33.3 Å². The molecule has 0 fully saturated rings. The first-order valence-corrected chi connectivity index (χ1v) is 11.7. The molecule has 1 N–H and O–H groups in total. The Morgan fingerprint density at radius 3 is 2.16 bits per heavy atom. The van der Waals surface area contributed by atoms with Crippen LogP contribution in [0.3, 0.4) is 0 Å². The lowest BCUT2D eigenvalue weighted by Gasteiger charge is -2.08. The summed E-state index contributed by atoms with van der Waals surface area (Å²) in [6.45, 7) is 0. The minimum Gasteiger partial charge on any atom is -0.481 e. The molecular weight excluding hydrogens is 416 g/mol. The second-order valence-corrected chi connectivity index (χ2v) is 8.85. The van der Waals surface area contributed by atoms with Crippen molar-refractivity contribution in [3.63, 3.8) is 0 Å². The predicted molar refractivity (Wildman–Crippen MR) is 133 cm³/mol. The van der Waals surface area contributed by atoms with Crippen LogP contribution in [0.25, 0.3) is 44.2 Å². The van der Waals surface area contributed by atoms with Crippen LogP contribution in [0.1, 0.15) is 12.0 Å². The molecule has 5 rings (SSSR count). The summed E-state index contributed by atoms with van der Waals surface area (Å²) >= 11 is 1.65. The number of hydrogen-bond donors (Lipinski definition) is 1. The SMILES string of the molecule is O=C(O)CCSCc1ccc(-c2ccc(-c3cccc4oc5ccccc5c34)cc2)cc1. The number of carboxylic acids is 1. The second-order valence-electron chi connectivity index (χ2n) is 7.75. The zero-order valence-corrected chi connectivity index (χ0v) is 18.3. The van der Waals surface area contributed by atoms with Gasteiger partial charge in [0.25, 0.3) is 0 Å². The Bertz CT molecular complexity index is 1380. The number of fused-ring (bicyclic) bond motifs is 3. The van der Waals surface area contributed by atoms with Crippen LogP contribution in [0.15, 0.2) is 95.4 Å². The molecule has 0 atom stereocenters. The average molecular weight is 439 g/mol. The van der Waals surface area contributed by atoms with E-state index in [1.807, 2.05) is 30.3 Å². The number of para-hydroxylation sites is 1. The first-order chi connectivity index (χ1) is 15.7. The quantitative estimate of drug-likeness (QED) is 0.265. The van der Waals surface area contributed by atoms with Gasteiger partial charge in [-0.3, -0.25) is 4.79 Å². The number of thioether (sulfide) groups is 1. The molecular formula is C28H22O3S. The maximum atomic E-state index is 10.6. The molecule has 1 aromatic heterocycles. The summed E-state index contributed by atoms with van der Waals surface area (Å²) < 4.78 is 6.03. The number of rotatable bonds is 7. The van der Waals surface area contributed by atoms with Crippen molar-refractivity contribution in [3.05, 3.63) is 96.6 Å². The van der Waals surface area contributed by atoms with Gasteiger partial charge in [0, 0.05) is 22.3 Å². The van der Waals surface area contributed by atoms with E-state index in [4.69, 9.17) is 9.52 Å². The smallest absolute Gasteiger partial charge is 0.304 e. The fourth-order valence-electron chi connectivity index (χ4n) is 4.00. The van der Waals surface area contributed by atoms with E-state index in [-0.39, 0.29) is 6.42 Å². The predicted octanol–water partition coefficient (Wildman–Crippen LogP) is 7.63. The average Bonchev–Trinajstić information content (AvgIpc) is 3.21. The summed E-state index contributed by atoms with van der Waals surface area (Å²) in [5, 5.41) is 11.0. The van der Waals surface area contributed by atoms with Crippen molar-refractivity contribution in [2.75, 3.05) is 5.75 Å². The first-order valence-electron chi connectivity index (χ1n) is 10.6. The first kappa shape index (κ1) is 20.4. The Kier molecular flexibility index (Phi) is 5.70. The Morgan fingerprint density at radius 2 is 1.41 bits per heavy atom. The monoisotopic (exact) mass is 438 g/mol. The van der Waals surface area contributed by atoms with E-state index >= 15 is 0 Å². The van der Waals surface area contributed by atoms with Crippen molar-refractivity contribution >= 4 is 39.7 Å². The molecule has 0 saturated heterocycles. The summed E-state index contributed by atoms with van der Waals surface area (Å²) in [4.78, 5) is 10.6. The third kappa shape index (κ3) is 4.14. The lowest BCUT2D eigenvalue weighted by molar-refractivity contribution is -0.136. The van der Waals surface area contributed by atoms with E-state index in [1.54, 1.807) is 11.8 Å². The third-order valence-corrected chi connectivity index (χ3v) is 6.64. The molecule has 4 heteroatoms. The fraction of sp³-hybridized carbons (Fsp3) is 0.107. The fourth-order valence-corrected chi connectivity index (χ4v) is 4.89. The van der Waals surface area contributed by atoms with Crippen molar-refractivity contribution in [1.29, 1.82) is 0 Å². The van der Waals surface area contributed by atoms with Gasteiger partial charge in [-0.15, -0.1) is 0 Å². The number of carbonyl (C=O) groups is 1. The molecule has 0 saturated carbocycles. The maximum Gasteiger partial charge on any atom is 0.304 e. The summed E-state index contributed by atoms with van der Waals surface area (Å²) in [6, 6.07) is 31.5. The molecule has 0 aliphatic rings. The number of hydrogen-bond acceptors (Lipinski definition) is 3. The van der Waals surface area contributed by atoms with Crippen molar-refractivity contribution in [2.24, 2.45) is 0 Å². The van der Waals surface area contributed by atoms with Crippen LogP contribution in [0, 0.1) is 0 Å². The molecule has 0 bridgehead atoms. The van der Waals surface area contributed by atoms with Crippen molar-refractivity contribution in [3.8, 4) is 22.3 Å². The Balaban J connectivity index is 1.37. The minimum atomic E-state index is -0.742. The van der Waals surface area contributed by atoms with Gasteiger partial charge in [-0.05, 0) is 39.9 Å². The van der Waals surface area contributed by atoms with Gasteiger partial charge in [-0.2, -0.15) is 11.8 Å². The van der Waals surface area contributed by atoms with Gasteiger partial charge < -0.3 is 9.52 Å². The summed E-state index contributed by atoms with van der Waals surface area (Å²) in [5.41, 5.74) is 7.70. The summed E-state index contributed by atoms with van der Waals surface area (Å²) in [5.74, 6) is 0.723. The molecule has 5 aromatic rings. The lowest BCUT2D eigenvalue weighted by atomic mass is 9.97. The molecule has 0 radical (unpaired) electrons. The van der Waals surface area contributed by atoms with Gasteiger partial charge in [0.15, 0.2) is 0 Å². The van der Waals surface area contributed by atoms with Gasteiger partial charge in [-0.25, -0.2) is 0 Å². The van der Waals surface area contributed by atoms with Crippen LogP contribution in [-0.2, 0) is 10.5 Å². The molecule has 3 nitrogen and oxygen atoms in total. The zero-order valence-electron chi connectivity index (χ0n) is 17.5. The minimum absolute atomic E-state index is 0.206. The van der Waals surface area contributed by atoms with Crippen molar-refractivity contribution in [2.45, 2.75) is 12.2 Å². The second kappa shape index (κ2) is 8.93. The number of furan rings is 1.